The van der Waals surface area contributed by atoms with E-state index in [0.717, 1.165) is 11.1 Å². The Labute approximate surface area is 256 Å². The minimum absolute atomic E-state index is 0.194. The molecule has 4 aromatic carbocycles. The lowest BCUT2D eigenvalue weighted by molar-refractivity contribution is -0.118. The van der Waals surface area contributed by atoms with E-state index in [-0.39, 0.29) is 12.4 Å². The number of carbonyl (C=O) groups excluding carboxylic acids is 1. The molecule has 6 aromatic rings. The zero-order valence-corrected chi connectivity index (χ0v) is 24.7. The lowest BCUT2D eigenvalue weighted by Crippen LogP contribution is -2.21. The van der Waals surface area contributed by atoms with E-state index in [9.17, 15) is 14.0 Å². The lowest BCUT2D eigenvalue weighted by Gasteiger charge is -2.16. The van der Waals surface area contributed by atoms with E-state index in [1.54, 1.807) is 55.6 Å². The molecule has 226 valence electrons. The van der Waals surface area contributed by atoms with Crippen LogP contribution in [0.25, 0.3) is 33.5 Å². The van der Waals surface area contributed by atoms with Gasteiger partial charge in [-0.25, -0.2) is 9.37 Å². The van der Waals surface area contributed by atoms with Crippen molar-refractivity contribution in [2.75, 3.05) is 38.0 Å². The SMILES string of the molecule is COc1cccc2oc(-c3nc4ccccc4c(=O)n3N=Cc3ccc(N(C)C)cc3OCC(=O)Nc3ccc(F)cc3)cc12. The van der Waals surface area contributed by atoms with Gasteiger partial charge in [0.15, 0.2) is 12.4 Å². The highest BCUT2D eigenvalue weighted by molar-refractivity contribution is 5.92. The lowest BCUT2D eigenvalue weighted by atomic mass is 10.2. The van der Waals surface area contributed by atoms with Gasteiger partial charge in [0.1, 0.15) is 22.9 Å². The van der Waals surface area contributed by atoms with Gasteiger partial charge in [0.05, 0.1) is 29.6 Å². The largest absolute Gasteiger partial charge is 0.496 e. The molecule has 0 aliphatic carbocycles. The molecule has 11 heteroatoms. The van der Waals surface area contributed by atoms with Crippen LogP contribution in [0.4, 0.5) is 15.8 Å². The Morgan fingerprint density at radius 1 is 1.00 bits per heavy atom. The average Bonchev–Trinajstić information content (AvgIpc) is 3.49. The molecule has 0 saturated heterocycles. The third kappa shape index (κ3) is 6.09. The number of nitrogens with zero attached hydrogens (tertiary/aromatic N) is 4. The minimum atomic E-state index is -0.433. The summed E-state index contributed by atoms with van der Waals surface area (Å²) in [5.74, 6) is 0.656. The highest BCUT2D eigenvalue weighted by Gasteiger charge is 2.18. The summed E-state index contributed by atoms with van der Waals surface area (Å²) in [6.07, 6.45) is 1.47. The summed E-state index contributed by atoms with van der Waals surface area (Å²) in [5, 5.41) is 8.33. The van der Waals surface area contributed by atoms with Crippen LogP contribution in [0.2, 0.25) is 0 Å². The Balaban J connectivity index is 1.38. The van der Waals surface area contributed by atoms with Crippen molar-refractivity contribution in [2.45, 2.75) is 0 Å². The number of furan rings is 1. The van der Waals surface area contributed by atoms with Gasteiger partial charge in [0.2, 0.25) is 5.82 Å². The van der Waals surface area contributed by atoms with Crippen LogP contribution in [0.1, 0.15) is 5.56 Å². The molecule has 0 spiro atoms. The average molecular weight is 606 g/mol. The number of methoxy groups -OCH3 is 1. The van der Waals surface area contributed by atoms with E-state index in [1.807, 2.05) is 37.2 Å². The number of nitrogens with one attached hydrogen (secondary N) is 1. The summed E-state index contributed by atoms with van der Waals surface area (Å²) in [6.45, 7) is -0.321. The fraction of sp³-hybridized carbons (Fsp3) is 0.118. The van der Waals surface area contributed by atoms with Crippen molar-refractivity contribution in [1.82, 2.24) is 9.66 Å². The van der Waals surface area contributed by atoms with Gasteiger partial charge in [0.25, 0.3) is 11.5 Å². The molecule has 0 bridgehead atoms. The van der Waals surface area contributed by atoms with Crippen LogP contribution in [0.5, 0.6) is 11.5 Å². The Hall–Kier alpha value is -5.97. The second-order valence-electron chi connectivity index (χ2n) is 10.3. The molecule has 0 atom stereocenters. The fourth-order valence-electron chi connectivity index (χ4n) is 4.74. The monoisotopic (exact) mass is 605 g/mol. The predicted octanol–water partition coefficient (Wildman–Crippen LogP) is 5.92. The smallest absolute Gasteiger partial charge is 0.282 e. The maximum atomic E-state index is 13.7. The quantitative estimate of drug-likeness (QED) is 0.204. The van der Waals surface area contributed by atoms with E-state index in [1.165, 1.54) is 35.2 Å². The molecule has 45 heavy (non-hydrogen) atoms. The van der Waals surface area contributed by atoms with Crippen molar-refractivity contribution in [3.63, 3.8) is 0 Å². The van der Waals surface area contributed by atoms with Crippen molar-refractivity contribution in [3.05, 3.63) is 113 Å². The van der Waals surface area contributed by atoms with E-state index in [2.05, 4.69) is 10.4 Å². The predicted molar refractivity (Wildman–Crippen MR) is 172 cm³/mol. The zero-order chi connectivity index (χ0) is 31.5. The van der Waals surface area contributed by atoms with Crippen molar-refractivity contribution in [2.24, 2.45) is 5.10 Å². The number of para-hydroxylation sites is 1. The van der Waals surface area contributed by atoms with Gasteiger partial charge in [-0.2, -0.15) is 9.78 Å². The summed E-state index contributed by atoms with van der Waals surface area (Å²) in [6, 6.07) is 25.0. The number of benzene rings is 4. The summed E-state index contributed by atoms with van der Waals surface area (Å²) in [5.41, 5.74) is 2.42. The molecule has 2 heterocycles. The second-order valence-corrected chi connectivity index (χ2v) is 10.3. The number of hydrogen-bond donors (Lipinski definition) is 1. The standard InChI is InChI=1S/C34H28FN5O5/c1-39(2)24-16-11-21(30(17-24)44-20-32(41)37-23-14-12-22(35)13-15-23)19-36-40-33(38-27-8-5-4-7-25(27)34(40)42)31-18-26-28(43-3)9-6-10-29(26)45-31/h4-19H,20H2,1-3H3,(H,37,41). The van der Waals surface area contributed by atoms with Crippen LogP contribution in [0.3, 0.4) is 0 Å². The summed E-state index contributed by atoms with van der Waals surface area (Å²) >= 11 is 0. The first-order valence-corrected chi connectivity index (χ1v) is 13.9. The van der Waals surface area contributed by atoms with Gasteiger partial charge >= 0.3 is 0 Å². The van der Waals surface area contributed by atoms with Crippen LogP contribution in [0, 0.1) is 5.82 Å². The van der Waals surface area contributed by atoms with E-state index >= 15 is 0 Å². The molecule has 1 amide bonds. The maximum Gasteiger partial charge on any atom is 0.282 e. The van der Waals surface area contributed by atoms with E-state index in [4.69, 9.17) is 18.9 Å². The number of halogens is 1. The molecule has 6 rings (SSSR count). The fourth-order valence-corrected chi connectivity index (χ4v) is 4.74. The molecule has 0 radical (unpaired) electrons. The van der Waals surface area contributed by atoms with Gasteiger partial charge in [-0.3, -0.25) is 9.59 Å². The van der Waals surface area contributed by atoms with Crippen molar-refractivity contribution >= 4 is 45.4 Å². The van der Waals surface area contributed by atoms with Crippen molar-refractivity contribution in [1.29, 1.82) is 0 Å². The van der Waals surface area contributed by atoms with Crippen LogP contribution in [-0.4, -0.2) is 49.6 Å². The summed E-state index contributed by atoms with van der Waals surface area (Å²) in [4.78, 5) is 33.0. The van der Waals surface area contributed by atoms with Crippen LogP contribution < -0.4 is 25.2 Å². The first-order valence-electron chi connectivity index (χ1n) is 13.9. The molecule has 1 N–H and O–H groups in total. The number of hydrogen-bond acceptors (Lipinski definition) is 8. The first kappa shape index (κ1) is 29.1. The van der Waals surface area contributed by atoms with E-state index < -0.39 is 17.3 Å². The van der Waals surface area contributed by atoms with Crippen LogP contribution in [0.15, 0.2) is 105 Å². The number of anilines is 2. The van der Waals surface area contributed by atoms with Gasteiger partial charge < -0.3 is 24.1 Å². The number of fused-ring (bicyclic) bond motifs is 2. The highest BCUT2D eigenvalue weighted by atomic mass is 19.1. The van der Waals surface area contributed by atoms with Gasteiger partial charge in [-0.1, -0.05) is 18.2 Å². The second kappa shape index (κ2) is 12.3. The van der Waals surface area contributed by atoms with Gasteiger partial charge in [-0.15, -0.1) is 0 Å². The molecule has 2 aromatic heterocycles. The van der Waals surface area contributed by atoms with Crippen LogP contribution in [-0.2, 0) is 4.79 Å². The molecule has 0 saturated carbocycles. The van der Waals surface area contributed by atoms with Gasteiger partial charge in [0, 0.05) is 37.1 Å². The van der Waals surface area contributed by atoms with Crippen molar-refractivity contribution in [3.8, 4) is 23.1 Å². The molecule has 0 aliphatic rings. The Kier molecular flexibility index (Phi) is 7.98. The van der Waals surface area contributed by atoms with Crippen molar-refractivity contribution < 1.29 is 23.1 Å². The summed E-state index contributed by atoms with van der Waals surface area (Å²) in [7, 11) is 5.33. The number of amides is 1. The van der Waals surface area contributed by atoms with Gasteiger partial charge in [-0.05, 0) is 66.7 Å². The number of ether oxygens (including phenoxy) is 2. The Morgan fingerprint density at radius 2 is 1.80 bits per heavy atom. The maximum absolute atomic E-state index is 13.7. The zero-order valence-electron chi connectivity index (χ0n) is 24.7. The topological polar surface area (TPSA) is 111 Å². The normalized spacial score (nSPS) is 11.3. The number of carbonyl (C=O) groups is 1. The first-order chi connectivity index (χ1) is 21.8. The minimum Gasteiger partial charge on any atom is -0.496 e. The third-order valence-corrected chi connectivity index (χ3v) is 7.03. The Morgan fingerprint density at radius 3 is 2.58 bits per heavy atom. The molecular formula is C34H28FN5O5. The van der Waals surface area contributed by atoms with Crippen LogP contribution >= 0.6 is 0 Å². The molecule has 0 fully saturated rings. The molecule has 0 unspecified atom stereocenters. The number of rotatable bonds is 9. The molecular weight excluding hydrogens is 577 g/mol. The third-order valence-electron chi connectivity index (χ3n) is 7.03. The van der Waals surface area contributed by atoms with E-state index in [0.29, 0.717) is 45.0 Å². The number of aromatic nitrogens is 2. The summed E-state index contributed by atoms with van der Waals surface area (Å²) < 4.78 is 31.9. The highest BCUT2D eigenvalue weighted by Crippen LogP contribution is 2.33. The Bertz CT molecular complexity index is 2120. The molecule has 10 nitrogen and oxygen atoms in total. The molecule has 0 aliphatic heterocycles.